The zero-order valence-corrected chi connectivity index (χ0v) is 15.9. The number of hydrogen-bond donors (Lipinski definition) is 0. The molecule has 1 aromatic rings. The van der Waals surface area contributed by atoms with Gasteiger partial charge in [0.15, 0.2) is 6.29 Å². The van der Waals surface area contributed by atoms with E-state index in [1.807, 2.05) is 0 Å². The summed E-state index contributed by atoms with van der Waals surface area (Å²) in [7, 11) is 0. The monoisotopic (exact) mass is 332 g/mol. The maximum absolute atomic E-state index is 6.13. The zero-order chi connectivity index (χ0) is 17.2. The quantitative estimate of drug-likeness (QED) is 0.463. The molecular formula is C22H36O2. The summed E-state index contributed by atoms with van der Waals surface area (Å²) in [6, 6.07) is 8.45. The number of ether oxygens (including phenoxy) is 2. The topological polar surface area (TPSA) is 18.5 Å². The van der Waals surface area contributed by atoms with Crippen LogP contribution in [-0.4, -0.2) is 12.9 Å². The Bertz CT molecular complexity index is 432. The average molecular weight is 333 g/mol. The van der Waals surface area contributed by atoms with Crippen molar-refractivity contribution in [2.45, 2.75) is 84.8 Å². The molecule has 0 amide bonds. The standard InChI is InChI=1S/C22H36O2/c1-4-19-13-15-21(16-14-19)24-22(23-17-18(2)3)12-8-11-20-9-6-5-7-10-20/h13-16,18,20,22H,4-12,17H2,1-3H3. The van der Waals surface area contributed by atoms with Crippen LogP contribution in [0, 0.1) is 11.8 Å². The minimum Gasteiger partial charge on any atom is -0.465 e. The van der Waals surface area contributed by atoms with Crippen molar-refractivity contribution in [3.05, 3.63) is 29.8 Å². The van der Waals surface area contributed by atoms with Gasteiger partial charge in [-0.1, -0.05) is 71.4 Å². The van der Waals surface area contributed by atoms with Crippen LogP contribution in [0.4, 0.5) is 0 Å². The van der Waals surface area contributed by atoms with E-state index in [-0.39, 0.29) is 6.29 Å². The molecule has 0 saturated heterocycles. The summed E-state index contributed by atoms with van der Waals surface area (Å²) in [5.74, 6) is 2.41. The average Bonchev–Trinajstić information content (AvgIpc) is 2.61. The van der Waals surface area contributed by atoms with E-state index < -0.39 is 0 Å². The molecule has 0 aliphatic heterocycles. The number of rotatable bonds is 10. The Morgan fingerprint density at radius 1 is 1.04 bits per heavy atom. The Hall–Kier alpha value is -1.02. The normalized spacial score (nSPS) is 17.2. The molecule has 2 nitrogen and oxygen atoms in total. The molecule has 1 unspecified atom stereocenters. The van der Waals surface area contributed by atoms with E-state index in [4.69, 9.17) is 9.47 Å². The van der Waals surface area contributed by atoms with Crippen molar-refractivity contribution < 1.29 is 9.47 Å². The van der Waals surface area contributed by atoms with Gasteiger partial charge in [0.25, 0.3) is 0 Å². The molecule has 0 bridgehead atoms. The second-order valence-corrected chi connectivity index (χ2v) is 7.71. The molecule has 24 heavy (non-hydrogen) atoms. The highest BCUT2D eigenvalue weighted by atomic mass is 16.7. The Kier molecular flexibility index (Phi) is 8.66. The highest BCUT2D eigenvalue weighted by molar-refractivity contribution is 5.27. The van der Waals surface area contributed by atoms with Crippen molar-refractivity contribution in [2.24, 2.45) is 11.8 Å². The number of benzene rings is 1. The molecule has 1 aromatic carbocycles. The number of hydrogen-bond acceptors (Lipinski definition) is 2. The van der Waals surface area contributed by atoms with Crippen LogP contribution < -0.4 is 4.74 Å². The van der Waals surface area contributed by atoms with E-state index in [0.717, 1.165) is 31.1 Å². The van der Waals surface area contributed by atoms with Gasteiger partial charge in [-0.25, -0.2) is 0 Å². The fourth-order valence-corrected chi connectivity index (χ4v) is 3.48. The first-order valence-electron chi connectivity index (χ1n) is 10.0. The van der Waals surface area contributed by atoms with Crippen LogP contribution in [0.1, 0.15) is 77.7 Å². The molecule has 0 heterocycles. The lowest BCUT2D eigenvalue weighted by molar-refractivity contribution is -0.0941. The van der Waals surface area contributed by atoms with Gasteiger partial charge in [-0.2, -0.15) is 0 Å². The van der Waals surface area contributed by atoms with Gasteiger partial charge in [0.2, 0.25) is 0 Å². The van der Waals surface area contributed by atoms with Crippen LogP contribution >= 0.6 is 0 Å². The number of aryl methyl sites for hydroxylation is 1. The Morgan fingerprint density at radius 2 is 1.75 bits per heavy atom. The van der Waals surface area contributed by atoms with Crippen molar-refractivity contribution >= 4 is 0 Å². The van der Waals surface area contributed by atoms with Gasteiger partial charge < -0.3 is 9.47 Å². The second-order valence-electron chi connectivity index (χ2n) is 7.71. The molecule has 136 valence electrons. The van der Waals surface area contributed by atoms with Crippen LogP contribution in [0.3, 0.4) is 0 Å². The van der Waals surface area contributed by atoms with Crippen LogP contribution in [0.15, 0.2) is 24.3 Å². The van der Waals surface area contributed by atoms with Crippen molar-refractivity contribution in [1.82, 2.24) is 0 Å². The van der Waals surface area contributed by atoms with Crippen molar-refractivity contribution in [3.63, 3.8) is 0 Å². The van der Waals surface area contributed by atoms with Gasteiger partial charge in [-0.05, 0) is 42.4 Å². The van der Waals surface area contributed by atoms with E-state index in [1.54, 1.807) is 0 Å². The summed E-state index contributed by atoms with van der Waals surface area (Å²) in [6.07, 6.45) is 11.6. The van der Waals surface area contributed by atoms with E-state index >= 15 is 0 Å². The summed E-state index contributed by atoms with van der Waals surface area (Å²) >= 11 is 0. The maximum Gasteiger partial charge on any atom is 0.199 e. The van der Waals surface area contributed by atoms with Crippen molar-refractivity contribution in [2.75, 3.05) is 6.61 Å². The van der Waals surface area contributed by atoms with Gasteiger partial charge >= 0.3 is 0 Å². The molecular weight excluding hydrogens is 296 g/mol. The van der Waals surface area contributed by atoms with E-state index in [2.05, 4.69) is 45.0 Å². The van der Waals surface area contributed by atoms with Gasteiger partial charge in [0, 0.05) is 6.42 Å². The molecule has 1 fully saturated rings. The van der Waals surface area contributed by atoms with Gasteiger partial charge in [0.05, 0.1) is 6.61 Å². The van der Waals surface area contributed by atoms with Crippen molar-refractivity contribution in [1.29, 1.82) is 0 Å². The SMILES string of the molecule is CCc1ccc(OC(CCCC2CCCCC2)OCC(C)C)cc1. The first kappa shape index (κ1) is 19.3. The highest BCUT2D eigenvalue weighted by Crippen LogP contribution is 2.28. The molecule has 1 aliphatic carbocycles. The summed E-state index contributed by atoms with van der Waals surface area (Å²) < 4.78 is 12.2. The third-order valence-corrected chi connectivity index (χ3v) is 4.99. The van der Waals surface area contributed by atoms with Crippen LogP contribution in [0.25, 0.3) is 0 Å². The first-order valence-corrected chi connectivity index (χ1v) is 10.0. The largest absolute Gasteiger partial charge is 0.465 e. The van der Waals surface area contributed by atoms with E-state index in [9.17, 15) is 0 Å². The molecule has 0 N–H and O–H groups in total. The van der Waals surface area contributed by atoms with Crippen LogP contribution in [0.2, 0.25) is 0 Å². The lowest BCUT2D eigenvalue weighted by atomic mass is 9.86. The maximum atomic E-state index is 6.13. The van der Waals surface area contributed by atoms with Crippen LogP contribution in [-0.2, 0) is 11.2 Å². The molecule has 2 heteroatoms. The fourth-order valence-electron chi connectivity index (χ4n) is 3.48. The van der Waals surface area contributed by atoms with Crippen LogP contribution in [0.5, 0.6) is 5.75 Å². The minimum absolute atomic E-state index is 0.108. The predicted molar refractivity (Wildman–Crippen MR) is 101 cm³/mol. The summed E-state index contributed by atoms with van der Waals surface area (Å²) in [5.41, 5.74) is 1.35. The molecule has 0 aromatic heterocycles. The van der Waals surface area contributed by atoms with Crippen molar-refractivity contribution in [3.8, 4) is 5.75 Å². The van der Waals surface area contributed by atoms with Gasteiger partial charge in [0.1, 0.15) is 5.75 Å². The smallest absolute Gasteiger partial charge is 0.199 e. The molecule has 0 spiro atoms. The lowest BCUT2D eigenvalue weighted by Gasteiger charge is -2.24. The predicted octanol–water partition coefficient (Wildman–Crippen LogP) is 6.38. The third kappa shape index (κ3) is 7.25. The molecule has 1 atom stereocenters. The third-order valence-electron chi connectivity index (χ3n) is 4.99. The first-order chi connectivity index (χ1) is 11.7. The van der Waals surface area contributed by atoms with Gasteiger partial charge in [-0.15, -0.1) is 0 Å². The zero-order valence-electron chi connectivity index (χ0n) is 15.9. The summed E-state index contributed by atoms with van der Waals surface area (Å²) in [4.78, 5) is 0. The Morgan fingerprint density at radius 3 is 2.38 bits per heavy atom. The fraction of sp³-hybridized carbons (Fsp3) is 0.727. The summed E-state index contributed by atoms with van der Waals surface area (Å²) in [5, 5.41) is 0. The molecule has 1 aliphatic rings. The van der Waals surface area contributed by atoms with E-state index in [1.165, 1.54) is 50.5 Å². The van der Waals surface area contributed by atoms with E-state index in [0.29, 0.717) is 5.92 Å². The minimum atomic E-state index is -0.108. The molecule has 1 saturated carbocycles. The Labute approximate surface area is 148 Å². The highest BCUT2D eigenvalue weighted by Gasteiger charge is 2.16. The van der Waals surface area contributed by atoms with Gasteiger partial charge in [-0.3, -0.25) is 0 Å². The lowest BCUT2D eigenvalue weighted by Crippen LogP contribution is -2.23. The molecule has 2 rings (SSSR count). The summed E-state index contributed by atoms with van der Waals surface area (Å²) in [6.45, 7) is 7.32. The second kappa shape index (κ2) is 10.8. The Balaban J connectivity index is 1.80. The molecule has 0 radical (unpaired) electrons.